The minimum absolute atomic E-state index is 0.0588. The Labute approximate surface area is 135 Å². The van der Waals surface area contributed by atoms with Gasteiger partial charge in [0.25, 0.3) is 0 Å². The topological polar surface area (TPSA) is 66.4 Å². The molecule has 3 rings (SSSR count). The Balaban J connectivity index is 1.62. The quantitative estimate of drug-likeness (QED) is 0.862. The first-order valence-corrected chi connectivity index (χ1v) is 7.74. The second-order valence-corrected chi connectivity index (χ2v) is 6.06. The van der Waals surface area contributed by atoms with Crippen molar-refractivity contribution >= 4 is 11.9 Å². The lowest BCUT2D eigenvalue weighted by molar-refractivity contribution is -0.120. The minimum atomic E-state index is -1.00. The number of amides is 1. The number of nitrogens with one attached hydrogen (secondary N) is 1. The Morgan fingerprint density at radius 2 is 1.65 bits per heavy atom. The van der Waals surface area contributed by atoms with Crippen LogP contribution in [0.15, 0.2) is 54.6 Å². The molecule has 0 aromatic heterocycles. The van der Waals surface area contributed by atoms with Gasteiger partial charge in [0.1, 0.15) is 0 Å². The monoisotopic (exact) mass is 309 g/mol. The second kappa shape index (κ2) is 6.24. The van der Waals surface area contributed by atoms with Crippen LogP contribution in [0.4, 0.5) is 0 Å². The van der Waals surface area contributed by atoms with E-state index in [1.54, 1.807) is 18.2 Å². The van der Waals surface area contributed by atoms with Gasteiger partial charge in [-0.2, -0.15) is 0 Å². The number of carboxylic acid groups (broad SMARTS) is 1. The molecule has 1 aliphatic carbocycles. The fourth-order valence-electron chi connectivity index (χ4n) is 2.90. The molecule has 118 valence electrons. The minimum Gasteiger partial charge on any atom is -0.478 e. The average Bonchev–Trinajstić information content (AvgIpc) is 3.35. The van der Waals surface area contributed by atoms with Gasteiger partial charge in [-0.1, -0.05) is 48.5 Å². The molecule has 2 aromatic carbocycles. The summed E-state index contributed by atoms with van der Waals surface area (Å²) >= 11 is 0. The SMILES string of the molecule is O=C(Cc1ccccc1C(=O)O)NCC1(c2ccccc2)CC1. The summed E-state index contributed by atoms with van der Waals surface area (Å²) < 4.78 is 0. The van der Waals surface area contributed by atoms with E-state index in [2.05, 4.69) is 17.4 Å². The summed E-state index contributed by atoms with van der Waals surface area (Å²) in [6.07, 6.45) is 2.24. The Bertz CT molecular complexity index is 720. The lowest BCUT2D eigenvalue weighted by Crippen LogP contribution is -2.33. The summed E-state index contributed by atoms with van der Waals surface area (Å²) in [6.45, 7) is 0.602. The van der Waals surface area contributed by atoms with Crippen molar-refractivity contribution in [2.24, 2.45) is 0 Å². The molecular weight excluding hydrogens is 290 g/mol. The van der Waals surface area contributed by atoms with Crippen LogP contribution in [-0.2, 0) is 16.6 Å². The highest BCUT2D eigenvalue weighted by atomic mass is 16.4. The molecule has 2 aromatic rings. The molecule has 0 unspecified atom stereocenters. The molecule has 0 heterocycles. The van der Waals surface area contributed by atoms with Gasteiger partial charge < -0.3 is 10.4 Å². The van der Waals surface area contributed by atoms with E-state index in [1.165, 1.54) is 11.6 Å². The Hall–Kier alpha value is -2.62. The fourth-order valence-corrected chi connectivity index (χ4v) is 2.90. The van der Waals surface area contributed by atoms with Gasteiger partial charge >= 0.3 is 5.97 Å². The van der Waals surface area contributed by atoms with Crippen LogP contribution >= 0.6 is 0 Å². The van der Waals surface area contributed by atoms with Crippen molar-refractivity contribution in [2.45, 2.75) is 24.7 Å². The van der Waals surface area contributed by atoms with E-state index >= 15 is 0 Å². The Morgan fingerprint density at radius 3 is 2.30 bits per heavy atom. The van der Waals surface area contributed by atoms with E-state index in [1.807, 2.05) is 18.2 Å². The summed E-state index contributed by atoms with van der Waals surface area (Å²) in [6, 6.07) is 16.8. The lowest BCUT2D eigenvalue weighted by Gasteiger charge is -2.17. The number of hydrogen-bond acceptors (Lipinski definition) is 2. The third kappa shape index (κ3) is 3.42. The molecule has 0 aliphatic heterocycles. The maximum atomic E-state index is 12.2. The predicted molar refractivity (Wildman–Crippen MR) is 87.5 cm³/mol. The standard InChI is InChI=1S/C19H19NO3/c21-17(12-14-6-4-5-9-16(14)18(22)23)20-13-19(10-11-19)15-7-2-1-3-8-15/h1-9H,10-13H2,(H,20,21)(H,22,23). The highest BCUT2D eigenvalue weighted by molar-refractivity contribution is 5.91. The van der Waals surface area contributed by atoms with Crippen molar-refractivity contribution in [2.75, 3.05) is 6.54 Å². The third-order valence-corrected chi connectivity index (χ3v) is 4.46. The van der Waals surface area contributed by atoms with Crippen LogP contribution < -0.4 is 5.32 Å². The first-order chi connectivity index (χ1) is 11.1. The van der Waals surface area contributed by atoms with Crippen molar-refractivity contribution in [1.29, 1.82) is 0 Å². The van der Waals surface area contributed by atoms with Crippen LogP contribution in [0.1, 0.15) is 34.3 Å². The number of carboxylic acids is 1. The Morgan fingerprint density at radius 1 is 1.00 bits per heavy atom. The molecule has 0 saturated heterocycles. The zero-order valence-electron chi connectivity index (χ0n) is 12.8. The van der Waals surface area contributed by atoms with E-state index in [0.717, 1.165) is 12.8 Å². The molecule has 23 heavy (non-hydrogen) atoms. The van der Waals surface area contributed by atoms with Gasteiger partial charge in [0.05, 0.1) is 12.0 Å². The van der Waals surface area contributed by atoms with Gasteiger partial charge in [-0.05, 0) is 30.0 Å². The first-order valence-electron chi connectivity index (χ1n) is 7.74. The molecule has 1 saturated carbocycles. The van der Waals surface area contributed by atoms with Crippen LogP contribution in [0.2, 0.25) is 0 Å². The van der Waals surface area contributed by atoms with Crippen LogP contribution in [0.25, 0.3) is 0 Å². The average molecular weight is 309 g/mol. The molecule has 4 heteroatoms. The van der Waals surface area contributed by atoms with E-state index in [9.17, 15) is 9.59 Å². The molecule has 1 amide bonds. The van der Waals surface area contributed by atoms with Crippen LogP contribution in [0, 0.1) is 0 Å². The normalized spacial score (nSPS) is 15.0. The van der Waals surface area contributed by atoms with Gasteiger partial charge in [-0.15, -0.1) is 0 Å². The zero-order valence-corrected chi connectivity index (χ0v) is 12.8. The molecule has 0 bridgehead atoms. The smallest absolute Gasteiger partial charge is 0.335 e. The van der Waals surface area contributed by atoms with E-state index in [0.29, 0.717) is 12.1 Å². The predicted octanol–water partition coefficient (Wildman–Crippen LogP) is 2.78. The van der Waals surface area contributed by atoms with Crippen molar-refractivity contribution in [3.8, 4) is 0 Å². The van der Waals surface area contributed by atoms with Crippen molar-refractivity contribution in [3.05, 3.63) is 71.3 Å². The molecule has 2 N–H and O–H groups in total. The molecule has 0 atom stereocenters. The summed E-state index contributed by atoms with van der Waals surface area (Å²) in [7, 11) is 0. The molecule has 0 radical (unpaired) electrons. The zero-order chi connectivity index (χ0) is 16.3. The number of carbonyl (C=O) groups excluding carboxylic acids is 1. The summed E-state index contributed by atoms with van der Waals surface area (Å²) in [4.78, 5) is 23.4. The molecule has 4 nitrogen and oxygen atoms in total. The van der Waals surface area contributed by atoms with E-state index in [-0.39, 0.29) is 23.3 Å². The number of rotatable bonds is 6. The van der Waals surface area contributed by atoms with Gasteiger partial charge in [0, 0.05) is 12.0 Å². The molecule has 0 spiro atoms. The van der Waals surface area contributed by atoms with Crippen molar-refractivity contribution in [1.82, 2.24) is 5.32 Å². The number of aromatic carboxylic acids is 1. The summed E-state index contributed by atoms with van der Waals surface area (Å²) in [5, 5.41) is 12.1. The Kier molecular flexibility index (Phi) is 4.15. The second-order valence-electron chi connectivity index (χ2n) is 6.06. The molecule has 1 fully saturated rings. The number of hydrogen-bond donors (Lipinski definition) is 2. The number of benzene rings is 2. The maximum absolute atomic E-state index is 12.2. The highest BCUT2D eigenvalue weighted by Crippen LogP contribution is 2.47. The van der Waals surface area contributed by atoms with Gasteiger partial charge in [0.2, 0.25) is 5.91 Å². The molecule has 1 aliphatic rings. The number of carbonyl (C=O) groups is 2. The fraction of sp³-hybridized carbons (Fsp3) is 0.263. The van der Waals surface area contributed by atoms with Gasteiger partial charge in [-0.25, -0.2) is 4.79 Å². The van der Waals surface area contributed by atoms with Gasteiger partial charge in [0.15, 0.2) is 0 Å². The summed E-state index contributed by atoms with van der Waals surface area (Å²) in [5.74, 6) is -1.14. The van der Waals surface area contributed by atoms with Crippen LogP contribution in [0.3, 0.4) is 0 Å². The van der Waals surface area contributed by atoms with Gasteiger partial charge in [-0.3, -0.25) is 4.79 Å². The van der Waals surface area contributed by atoms with Crippen molar-refractivity contribution < 1.29 is 14.7 Å². The lowest BCUT2D eigenvalue weighted by atomic mass is 9.96. The third-order valence-electron chi connectivity index (χ3n) is 4.46. The van der Waals surface area contributed by atoms with Crippen molar-refractivity contribution in [3.63, 3.8) is 0 Å². The van der Waals surface area contributed by atoms with E-state index in [4.69, 9.17) is 5.11 Å². The maximum Gasteiger partial charge on any atom is 0.335 e. The molecular formula is C19H19NO3. The van der Waals surface area contributed by atoms with Crippen LogP contribution in [0.5, 0.6) is 0 Å². The largest absolute Gasteiger partial charge is 0.478 e. The highest BCUT2D eigenvalue weighted by Gasteiger charge is 2.44. The van der Waals surface area contributed by atoms with Crippen LogP contribution in [-0.4, -0.2) is 23.5 Å². The van der Waals surface area contributed by atoms with E-state index < -0.39 is 5.97 Å². The first kappa shape index (κ1) is 15.3. The summed E-state index contributed by atoms with van der Waals surface area (Å²) in [5.41, 5.74) is 2.05.